The topological polar surface area (TPSA) is 109 Å². The van der Waals surface area contributed by atoms with Crippen LogP contribution in [0.3, 0.4) is 0 Å². The number of aliphatic hydroxyl groups excluding tert-OH is 1. The van der Waals surface area contributed by atoms with Crippen LogP contribution in [0, 0.1) is 5.92 Å². The molecule has 0 bridgehead atoms. The van der Waals surface area contributed by atoms with Crippen LogP contribution in [0.4, 0.5) is 24.5 Å². The molecule has 3 aromatic rings. The Hall–Kier alpha value is -4.06. The number of hydrogen-bond acceptors (Lipinski definition) is 7. The Labute approximate surface area is 249 Å². The number of nitrogens with one attached hydrogen (secondary N) is 1. The lowest BCUT2D eigenvalue weighted by Crippen LogP contribution is -2.47. The molecular weight excluding hydrogens is 583 g/mol. The lowest BCUT2D eigenvalue weighted by atomic mass is 9.79. The number of halogens is 3. The monoisotopic (exact) mass is 617 g/mol. The van der Waals surface area contributed by atoms with Crippen molar-refractivity contribution in [3.05, 3.63) is 95.5 Å². The van der Waals surface area contributed by atoms with Crippen LogP contribution in [-0.2, 0) is 32.2 Å². The molecule has 2 aromatic carbocycles. The van der Waals surface area contributed by atoms with Gasteiger partial charge in [-0.1, -0.05) is 57.2 Å². The zero-order valence-corrected chi connectivity index (χ0v) is 24.9. The van der Waals surface area contributed by atoms with Gasteiger partial charge in [-0.3, -0.25) is 4.72 Å². The Morgan fingerprint density at radius 1 is 1.09 bits per heavy atom. The maximum absolute atomic E-state index is 13.5. The summed E-state index contributed by atoms with van der Waals surface area (Å²) in [6.07, 6.45) is -2.33. The predicted molar refractivity (Wildman–Crippen MR) is 157 cm³/mol. The summed E-state index contributed by atoms with van der Waals surface area (Å²) >= 11 is 0. The summed E-state index contributed by atoms with van der Waals surface area (Å²) in [5.41, 5.74) is -0.429. The highest BCUT2D eigenvalue weighted by atomic mass is 32.2. The molecule has 2 N–H and O–H groups in total. The fourth-order valence-corrected chi connectivity index (χ4v) is 6.00. The number of pyridine rings is 1. The molecule has 0 spiro atoms. The van der Waals surface area contributed by atoms with Gasteiger partial charge in [-0.15, -0.1) is 0 Å². The van der Waals surface area contributed by atoms with Gasteiger partial charge in [-0.05, 0) is 61.1 Å². The van der Waals surface area contributed by atoms with Gasteiger partial charge in [-0.25, -0.2) is 9.78 Å². The van der Waals surface area contributed by atoms with Gasteiger partial charge in [0.25, 0.3) is 10.0 Å². The fourth-order valence-electron chi connectivity index (χ4n) is 5.02. The zero-order valence-electron chi connectivity index (χ0n) is 24.1. The van der Waals surface area contributed by atoms with Crippen molar-refractivity contribution in [2.75, 3.05) is 16.2 Å². The second kappa shape index (κ2) is 12.7. The average Bonchev–Trinajstić information content (AvgIpc) is 2.95. The van der Waals surface area contributed by atoms with E-state index in [9.17, 15) is 31.5 Å². The van der Waals surface area contributed by atoms with Crippen molar-refractivity contribution >= 4 is 27.4 Å². The number of sulfonamides is 1. The van der Waals surface area contributed by atoms with Crippen molar-refractivity contribution in [2.24, 2.45) is 5.92 Å². The van der Waals surface area contributed by atoms with E-state index in [2.05, 4.69) is 9.71 Å². The third-order valence-corrected chi connectivity index (χ3v) is 8.72. The highest BCUT2D eigenvalue weighted by molar-refractivity contribution is 7.92. The van der Waals surface area contributed by atoms with E-state index in [0.29, 0.717) is 43.8 Å². The molecule has 1 atom stereocenters. The number of esters is 1. The van der Waals surface area contributed by atoms with Gasteiger partial charge in [0.05, 0.1) is 11.3 Å². The summed E-state index contributed by atoms with van der Waals surface area (Å²) in [5.74, 6) is -0.884. The molecule has 1 unspecified atom stereocenters. The molecule has 0 radical (unpaired) electrons. The van der Waals surface area contributed by atoms with Crippen molar-refractivity contribution in [3.63, 3.8) is 0 Å². The summed E-state index contributed by atoms with van der Waals surface area (Å²) in [6, 6.07) is 17.3. The number of cyclic esters (lactones) is 1. The van der Waals surface area contributed by atoms with E-state index in [0.717, 1.165) is 11.6 Å². The van der Waals surface area contributed by atoms with Crippen LogP contribution >= 0.6 is 0 Å². The smallest absolute Gasteiger partial charge is 0.417 e. The van der Waals surface area contributed by atoms with Gasteiger partial charge in [0.1, 0.15) is 11.4 Å². The van der Waals surface area contributed by atoms with Crippen LogP contribution in [0.2, 0.25) is 0 Å². The number of benzene rings is 2. The minimum absolute atomic E-state index is 0.0257. The number of alkyl halides is 3. The molecule has 4 rings (SSSR count). The third-order valence-electron chi connectivity index (χ3n) is 7.43. The minimum atomic E-state index is -4.66. The van der Waals surface area contributed by atoms with E-state index in [1.165, 1.54) is 12.1 Å². The molecular formula is C31H34F3N3O5S. The zero-order chi connectivity index (χ0) is 31.4. The lowest BCUT2D eigenvalue weighted by Gasteiger charge is -2.42. The number of carbonyl (C=O) groups is 1. The van der Waals surface area contributed by atoms with Crippen LogP contribution in [0.1, 0.15) is 51.2 Å². The Morgan fingerprint density at radius 3 is 2.40 bits per heavy atom. The second-order valence-electron chi connectivity index (χ2n) is 10.8. The van der Waals surface area contributed by atoms with Crippen LogP contribution in [0.5, 0.6) is 0 Å². The summed E-state index contributed by atoms with van der Waals surface area (Å²) in [7, 11) is -4.33. The van der Waals surface area contributed by atoms with Crippen LogP contribution in [0.25, 0.3) is 0 Å². The Morgan fingerprint density at radius 2 is 1.81 bits per heavy atom. The minimum Gasteiger partial charge on any atom is -0.510 e. The largest absolute Gasteiger partial charge is 0.510 e. The SMILES string of the molecule is CCCN(C1=C(O)CC(CCc2ccccc2)(C(C)C)OC1=O)c1cccc(NS(=O)(=O)c2ccc(C(F)(F)F)cn2)c1. The third kappa shape index (κ3) is 7.30. The molecule has 230 valence electrons. The molecule has 43 heavy (non-hydrogen) atoms. The van der Waals surface area contributed by atoms with Crippen LogP contribution < -0.4 is 9.62 Å². The van der Waals surface area contributed by atoms with E-state index in [4.69, 9.17) is 4.74 Å². The molecule has 0 fully saturated rings. The number of aromatic nitrogens is 1. The molecule has 0 saturated carbocycles. The van der Waals surface area contributed by atoms with E-state index in [1.807, 2.05) is 51.1 Å². The molecule has 0 amide bonds. The maximum atomic E-state index is 13.5. The molecule has 1 aromatic heterocycles. The first kappa shape index (κ1) is 31.9. The number of ether oxygens (including phenoxy) is 1. The maximum Gasteiger partial charge on any atom is 0.417 e. The van der Waals surface area contributed by atoms with Gasteiger partial charge >= 0.3 is 12.1 Å². The van der Waals surface area contributed by atoms with E-state index in [-0.39, 0.29) is 29.5 Å². The number of aryl methyl sites for hydroxylation is 1. The van der Waals surface area contributed by atoms with E-state index < -0.39 is 38.4 Å². The second-order valence-corrected chi connectivity index (χ2v) is 12.4. The van der Waals surface area contributed by atoms with Crippen molar-refractivity contribution in [1.29, 1.82) is 0 Å². The molecule has 2 heterocycles. The number of anilines is 2. The van der Waals surface area contributed by atoms with Crippen LogP contribution in [-0.4, -0.2) is 36.6 Å². The Bertz CT molecular complexity index is 1580. The Balaban J connectivity index is 1.60. The lowest BCUT2D eigenvalue weighted by molar-refractivity contribution is -0.166. The highest BCUT2D eigenvalue weighted by Gasteiger charge is 2.45. The fraction of sp³-hybridized carbons (Fsp3) is 0.355. The van der Waals surface area contributed by atoms with Crippen molar-refractivity contribution in [1.82, 2.24) is 4.98 Å². The van der Waals surface area contributed by atoms with Crippen LogP contribution in [0.15, 0.2) is 89.4 Å². The van der Waals surface area contributed by atoms with E-state index in [1.54, 1.807) is 17.0 Å². The van der Waals surface area contributed by atoms with Crippen molar-refractivity contribution < 1.29 is 36.2 Å². The summed E-state index contributed by atoms with van der Waals surface area (Å²) in [5, 5.41) is 10.7. The van der Waals surface area contributed by atoms with Gasteiger partial charge in [0.2, 0.25) is 0 Å². The first-order chi connectivity index (χ1) is 20.3. The first-order valence-electron chi connectivity index (χ1n) is 13.9. The van der Waals surface area contributed by atoms with Gasteiger partial charge < -0.3 is 14.7 Å². The molecule has 0 saturated heterocycles. The number of aliphatic hydroxyl groups is 1. The quantitative estimate of drug-likeness (QED) is 0.226. The standard InChI is InChI=1S/C31H34F3N3O5S/c1-4-17-37(28-26(38)19-30(21(2)3,42-29(28)39)16-15-22-9-6-5-7-10-22)25-12-8-11-24(18-25)36-43(40,41)27-14-13-23(20-35-27)31(32,33)34/h5-14,18,20-21,36,38H,4,15-17,19H2,1-3H3. The van der Waals surface area contributed by atoms with Gasteiger partial charge in [-0.2, -0.15) is 21.6 Å². The molecule has 12 heteroatoms. The molecule has 0 aliphatic carbocycles. The van der Waals surface area contributed by atoms with Crippen molar-refractivity contribution in [2.45, 2.75) is 63.3 Å². The van der Waals surface area contributed by atoms with Crippen molar-refractivity contribution in [3.8, 4) is 0 Å². The average molecular weight is 618 g/mol. The normalized spacial score (nSPS) is 17.6. The number of nitrogens with zero attached hydrogens (tertiary/aromatic N) is 2. The summed E-state index contributed by atoms with van der Waals surface area (Å²) in [6.45, 7) is 6.09. The highest BCUT2D eigenvalue weighted by Crippen LogP contribution is 2.40. The van der Waals surface area contributed by atoms with Gasteiger partial charge in [0.15, 0.2) is 10.7 Å². The Kier molecular flexibility index (Phi) is 9.38. The predicted octanol–water partition coefficient (Wildman–Crippen LogP) is 6.86. The number of carbonyl (C=O) groups excluding carboxylic acids is 1. The first-order valence-corrected chi connectivity index (χ1v) is 15.4. The summed E-state index contributed by atoms with van der Waals surface area (Å²) < 4.78 is 72.8. The molecule has 1 aliphatic heterocycles. The molecule has 1 aliphatic rings. The molecule has 8 nitrogen and oxygen atoms in total. The number of hydrogen-bond donors (Lipinski definition) is 2. The van der Waals surface area contributed by atoms with Gasteiger partial charge in [0, 0.05) is 24.8 Å². The number of rotatable bonds is 11. The summed E-state index contributed by atoms with van der Waals surface area (Å²) in [4.78, 5) is 18.6. The van der Waals surface area contributed by atoms with E-state index >= 15 is 0 Å².